The molecule has 4 aromatic rings. The predicted molar refractivity (Wildman–Crippen MR) is 143 cm³/mol. The first-order valence-electron chi connectivity index (χ1n) is 10.8. The van der Waals surface area contributed by atoms with Crippen LogP contribution in [0.5, 0.6) is 0 Å². The third-order valence-electron chi connectivity index (χ3n) is 5.86. The van der Waals surface area contributed by atoms with E-state index in [4.69, 9.17) is 39.8 Å². The SMILES string of the molecule is CN(C)c1ccc(N2C(=S)N[C@H](c3ccccn3)[C@H]2c2ccc(-c3ccc(Cl)cc3Cl)o2)cc1. The van der Waals surface area contributed by atoms with Gasteiger partial charge in [0.05, 0.1) is 16.8 Å². The standard InChI is InChI=1S/C26H22Cl2N4OS/c1-31(2)17-7-9-18(10-8-17)32-25(24(30-26(32)34)21-5-3-4-14-29-21)23-13-12-22(33-23)19-11-6-16(27)15-20(19)28/h3-15,24-25H,1-2H3,(H,30,34)/t24-,25-/m1/s1. The minimum atomic E-state index is -0.243. The molecule has 1 N–H and O–H groups in total. The average Bonchev–Trinajstić information content (AvgIpc) is 3.44. The summed E-state index contributed by atoms with van der Waals surface area (Å²) in [7, 11) is 4.03. The Kier molecular flexibility index (Phi) is 6.21. The van der Waals surface area contributed by atoms with Crippen molar-refractivity contribution in [1.29, 1.82) is 0 Å². The van der Waals surface area contributed by atoms with Crippen LogP contribution in [0.15, 0.2) is 83.4 Å². The van der Waals surface area contributed by atoms with Crippen molar-refractivity contribution in [1.82, 2.24) is 10.3 Å². The van der Waals surface area contributed by atoms with Gasteiger partial charge in [-0.15, -0.1) is 0 Å². The molecule has 1 aliphatic heterocycles. The van der Waals surface area contributed by atoms with Crippen molar-refractivity contribution in [3.8, 4) is 11.3 Å². The summed E-state index contributed by atoms with van der Waals surface area (Å²) in [4.78, 5) is 8.74. The van der Waals surface area contributed by atoms with Crippen LogP contribution in [0.25, 0.3) is 11.3 Å². The molecule has 8 heteroatoms. The van der Waals surface area contributed by atoms with E-state index in [2.05, 4.69) is 44.4 Å². The zero-order valence-electron chi connectivity index (χ0n) is 18.6. The molecule has 2 aromatic heterocycles. The Labute approximate surface area is 213 Å². The van der Waals surface area contributed by atoms with E-state index in [9.17, 15) is 0 Å². The molecule has 1 aliphatic rings. The lowest BCUT2D eigenvalue weighted by atomic mass is 10.0. The van der Waals surface area contributed by atoms with E-state index < -0.39 is 0 Å². The van der Waals surface area contributed by atoms with Crippen molar-refractivity contribution in [3.05, 3.63) is 100 Å². The van der Waals surface area contributed by atoms with Gasteiger partial charge in [0.1, 0.15) is 17.6 Å². The van der Waals surface area contributed by atoms with Crippen LogP contribution in [-0.4, -0.2) is 24.2 Å². The van der Waals surface area contributed by atoms with Gasteiger partial charge in [0.2, 0.25) is 0 Å². The Balaban J connectivity index is 1.58. The average molecular weight is 509 g/mol. The number of halogens is 2. The molecule has 3 heterocycles. The molecule has 0 amide bonds. The number of thiocarbonyl (C=S) groups is 1. The lowest BCUT2D eigenvalue weighted by Gasteiger charge is -2.26. The lowest BCUT2D eigenvalue weighted by molar-refractivity contribution is 0.439. The molecule has 0 saturated carbocycles. The molecule has 0 spiro atoms. The molecule has 172 valence electrons. The Hall–Kier alpha value is -3.06. The maximum absolute atomic E-state index is 6.44. The highest BCUT2D eigenvalue weighted by Gasteiger charge is 2.42. The summed E-state index contributed by atoms with van der Waals surface area (Å²) < 4.78 is 6.38. The number of furan rings is 1. The van der Waals surface area contributed by atoms with Crippen LogP contribution in [0.2, 0.25) is 10.0 Å². The molecule has 0 bridgehead atoms. The molecule has 0 radical (unpaired) electrons. The van der Waals surface area contributed by atoms with E-state index in [-0.39, 0.29) is 12.1 Å². The molecule has 1 saturated heterocycles. The van der Waals surface area contributed by atoms with Crippen molar-refractivity contribution in [2.45, 2.75) is 12.1 Å². The summed E-state index contributed by atoms with van der Waals surface area (Å²) in [5, 5.41) is 5.18. The number of nitrogens with zero attached hydrogens (tertiary/aromatic N) is 3. The fraction of sp³-hybridized carbons (Fsp3) is 0.154. The van der Waals surface area contributed by atoms with Gasteiger partial charge in [-0.1, -0.05) is 29.3 Å². The number of benzene rings is 2. The predicted octanol–water partition coefficient (Wildman–Crippen LogP) is 6.89. The van der Waals surface area contributed by atoms with E-state index in [1.54, 1.807) is 18.3 Å². The Morgan fingerprint density at radius 3 is 2.47 bits per heavy atom. The first-order chi connectivity index (χ1) is 16.4. The summed E-state index contributed by atoms with van der Waals surface area (Å²) in [6.45, 7) is 0. The summed E-state index contributed by atoms with van der Waals surface area (Å²) in [5.41, 5.74) is 3.73. The molecule has 2 atom stereocenters. The van der Waals surface area contributed by atoms with Gasteiger partial charge >= 0.3 is 0 Å². The number of anilines is 2. The fourth-order valence-corrected chi connectivity index (χ4v) is 5.03. The molecule has 34 heavy (non-hydrogen) atoms. The van der Waals surface area contributed by atoms with Gasteiger partial charge < -0.3 is 19.5 Å². The van der Waals surface area contributed by atoms with E-state index >= 15 is 0 Å². The van der Waals surface area contributed by atoms with E-state index in [0.29, 0.717) is 20.9 Å². The van der Waals surface area contributed by atoms with Crippen LogP contribution >= 0.6 is 35.4 Å². The summed E-state index contributed by atoms with van der Waals surface area (Å²) >= 11 is 18.3. The zero-order valence-corrected chi connectivity index (χ0v) is 20.9. The maximum Gasteiger partial charge on any atom is 0.174 e. The molecule has 0 aliphatic carbocycles. The van der Waals surface area contributed by atoms with Gasteiger partial charge in [0.25, 0.3) is 0 Å². The highest BCUT2D eigenvalue weighted by molar-refractivity contribution is 7.80. The van der Waals surface area contributed by atoms with Gasteiger partial charge in [-0.05, 0) is 78.9 Å². The van der Waals surface area contributed by atoms with Gasteiger partial charge in [-0.3, -0.25) is 4.98 Å². The second-order valence-corrected chi connectivity index (χ2v) is 9.46. The molecule has 0 unspecified atom stereocenters. The van der Waals surface area contributed by atoms with Crippen molar-refractivity contribution >= 4 is 51.9 Å². The van der Waals surface area contributed by atoms with Gasteiger partial charge in [-0.2, -0.15) is 0 Å². The van der Waals surface area contributed by atoms with Crippen molar-refractivity contribution in [2.75, 3.05) is 23.9 Å². The number of hydrogen-bond acceptors (Lipinski definition) is 4. The highest BCUT2D eigenvalue weighted by atomic mass is 35.5. The third-order valence-corrected chi connectivity index (χ3v) is 6.72. The van der Waals surface area contributed by atoms with Crippen molar-refractivity contribution < 1.29 is 4.42 Å². The monoisotopic (exact) mass is 508 g/mol. The second kappa shape index (κ2) is 9.29. The molecule has 2 aromatic carbocycles. The van der Waals surface area contributed by atoms with E-state index in [1.807, 2.05) is 50.5 Å². The molecule has 5 rings (SSSR count). The van der Waals surface area contributed by atoms with Crippen molar-refractivity contribution in [3.63, 3.8) is 0 Å². The molecule has 1 fully saturated rings. The van der Waals surface area contributed by atoms with Crippen molar-refractivity contribution in [2.24, 2.45) is 0 Å². The topological polar surface area (TPSA) is 44.5 Å². The molecular weight excluding hydrogens is 487 g/mol. The maximum atomic E-state index is 6.44. The number of pyridine rings is 1. The zero-order chi connectivity index (χ0) is 23.8. The lowest BCUT2D eigenvalue weighted by Crippen LogP contribution is -2.29. The Bertz CT molecular complexity index is 1320. The Morgan fingerprint density at radius 2 is 1.79 bits per heavy atom. The minimum absolute atomic E-state index is 0.193. The van der Waals surface area contributed by atoms with Crippen LogP contribution in [-0.2, 0) is 0 Å². The van der Waals surface area contributed by atoms with Crippen LogP contribution < -0.4 is 15.1 Å². The number of aromatic nitrogens is 1. The number of hydrogen-bond donors (Lipinski definition) is 1. The summed E-state index contributed by atoms with van der Waals surface area (Å²) in [6.07, 6.45) is 1.78. The molecular formula is C26H22Cl2N4OS. The molecule has 5 nitrogen and oxygen atoms in total. The quantitative estimate of drug-likeness (QED) is 0.296. The normalized spacial score (nSPS) is 17.6. The van der Waals surface area contributed by atoms with Gasteiger partial charge in [0.15, 0.2) is 5.11 Å². The highest BCUT2D eigenvalue weighted by Crippen LogP contribution is 2.43. The van der Waals surface area contributed by atoms with Crippen LogP contribution in [0.3, 0.4) is 0 Å². The van der Waals surface area contributed by atoms with Gasteiger partial charge in [-0.25, -0.2) is 0 Å². The van der Waals surface area contributed by atoms with Crippen LogP contribution in [0.1, 0.15) is 23.5 Å². The Morgan fingerprint density at radius 1 is 1.00 bits per heavy atom. The largest absolute Gasteiger partial charge is 0.459 e. The number of nitrogens with one attached hydrogen (secondary N) is 1. The first-order valence-corrected chi connectivity index (χ1v) is 11.9. The van der Waals surface area contributed by atoms with Gasteiger partial charge in [0, 0.05) is 42.3 Å². The second-order valence-electron chi connectivity index (χ2n) is 8.23. The summed E-state index contributed by atoms with van der Waals surface area (Å²) in [5.74, 6) is 1.41. The smallest absolute Gasteiger partial charge is 0.174 e. The van der Waals surface area contributed by atoms with E-state index in [0.717, 1.165) is 28.4 Å². The number of rotatable bonds is 5. The van der Waals surface area contributed by atoms with Crippen LogP contribution in [0, 0.1) is 0 Å². The van der Waals surface area contributed by atoms with Crippen LogP contribution in [0.4, 0.5) is 11.4 Å². The third kappa shape index (κ3) is 4.25. The first kappa shape index (κ1) is 22.7. The summed E-state index contributed by atoms with van der Waals surface area (Å²) in [6, 6.07) is 23.0. The fourth-order valence-electron chi connectivity index (χ4n) is 4.18. The van der Waals surface area contributed by atoms with E-state index in [1.165, 1.54) is 0 Å². The minimum Gasteiger partial charge on any atom is -0.459 e.